The van der Waals surface area contributed by atoms with Crippen LogP contribution < -0.4 is 0 Å². The summed E-state index contributed by atoms with van der Waals surface area (Å²) in [5.74, 6) is 0. The van der Waals surface area contributed by atoms with E-state index in [4.69, 9.17) is 4.74 Å². The number of ether oxygens (including phenoxy) is 1. The molecule has 1 aliphatic carbocycles. The molecule has 0 aromatic heterocycles. The van der Waals surface area contributed by atoms with Crippen molar-refractivity contribution in [3.05, 3.63) is 0 Å². The van der Waals surface area contributed by atoms with E-state index in [-0.39, 0.29) is 0 Å². The summed E-state index contributed by atoms with van der Waals surface area (Å²) in [6.45, 7) is 9.31. The van der Waals surface area contributed by atoms with Crippen molar-refractivity contribution in [2.45, 2.75) is 25.3 Å². The molecule has 0 aromatic carbocycles. The zero-order valence-electron chi connectivity index (χ0n) is 9.46. The highest BCUT2D eigenvalue weighted by molar-refractivity contribution is 5.00. The van der Waals surface area contributed by atoms with Crippen molar-refractivity contribution in [1.82, 2.24) is 9.80 Å². The molecule has 0 atom stereocenters. The van der Waals surface area contributed by atoms with Gasteiger partial charge < -0.3 is 4.74 Å². The van der Waals surface area contributed by atoms with Crippen LogP contribution in [0.3, 0.4) is 0 Å². The van der Waals surface area contributed by atoms with E-state index in [9.17, 15) is 0 Å². The summed E-state index contributed by atoms with van der Waals surface area (Å²) in [6.07, 6.45) is 2.82. The van der Waals surface area contributed by atoms with Crippen molar-refractivity contribution >= 4 is 0 Å². The first kappa shape index (κ1) is 10.4. The smallest absolute Gasteiger partial charge is 0.0589 e. The van der Waals surface area contributed by atoms with E-state index in [1.54, 1.807) is 7.11 Å². The maximum absolute atomic E-state index is 5.10. The first-order valence-corrected chi connectivity index (χ1v) is 5.71. The van der Waals surface area contributed by atoms with Crippen LogP contribution in [0.4, 0.5) is 0 Å². The highest BCUT2D eigenvalue weighted by Gasteiger charge is 2.43. The highest BCUT2D eigenvalue weighted by Crippen LogP contribution is 2.41. The summed E-state index contributed by atoms with van der Waals surface area (Å²) < 4.78 is 5.10. The molecule has 1 heterocycles. The first-order valence-electron chi connectivity index (χ1n) is 5.71. The molecule has 0 bridgehead atoms. The summed E-state index contributed by atoms with van der Waals surface area (Å²) >= 11 is 0. The molecule has 2 aliphatic rings. The minimum atomic E-state index is 0.577. The van der Waals surface area contributed by atoms with Gasteiger partial charge in [-0.15, -0.1) is 0 Å². The number of hydrogen-bond acceptors (Lipinski definition) is 3. The molecule has 3 heteroatoms. The molecule has 0 spiro atoms. The lowest BCUT2D eigenvalue weighted by molar-refractivity contribution is 0.0718. The summed E-state index contributed by atoms with van der Waals surface area (Å²) in [7, 11) is 1.78. The molecule has 14 heavy (non-hydrogen) atoms. The quantitative estimate of drug-likeness (QED) is 0.664. The van der Waals surface area contributed by atoms with Crippen molar-refractivity contribution < 1.29 is 4.74 Å². The molecule has 1 saturated carbocycles. The van der Waals surface area contributed by atoms with Crippen molar-refractivity contribution in [3.63, 3.8) is 0 Å². The fourth-order valence-corrected chi connectivity index (χ4v) is 2.23. The molecule has 82 valence electrons. The van der Waals surface area contributed by atoms with Gasteiger partial charge in [-0.3, -0.25) is 9.80 Å². The van der Waals surface area contributed by atoms with E-state index in [2.05, 4.69) is 16.7 Å². The monoisotopic (exact) mass is 198 g/mol. The lowest BCUT2D eigenvalue weighted by atomic mass is 10.2. The van der Waals surface area contributed by atoms with E-state index >= 15 is 0 Å². The van der Waals surface area contributed by atoms with Crippen LogP contribution in [0.25, 0.3) is 0 Å². The lowest BCUT2D eigenvalue weighted by Gasteiger charge is -2.38. The van der Waals surface area contributed by atoms with Crippen LogP contribution in [0.15, 0.2) is 0 Å². The van der Waals surface area contributed by atoms with E-state index in [0.29, 0.717) is 5.54 Å². The SMILES string of the molecule is COCCN1CCN(C2(C)CC2)CC1. The van der Waals surface area contributed by atoms with Crippen LogP contribution >= 0.6 is 0 Å². The van der Waals surface area contributed by atoms with Crippen molar-refractivity contribution in [2.75, 3.05) is 46.4 Å². The standard InChI is InChI=1S/C11H22N2O/c1-11(3-4-11)13-7-5-12(6-8-13)9-10-14-2/h3-10H2,1-2H3. The van der Waals surface area contributed by atoms with Gasteiger partial charge in [0.15, 0.2) is 0 Å². The Bertz CT molecular complexity index is 184. The van der Waals surface area contributed by atoms with Crippen LogP contribution in [-0.2, 0) is 4.74 Å². The van der Waals surface area contributed by atoms with Crippen LogP contribution in [0.5, 0.6) is 0 Å². The third-order valence-corrected chi connectivity index (χ3v) is 3.72. The fourth-order valence-electron chi connectivity index (χ4n) is 2.23. The van der Waals surface area contributed by atoms with Gasteiger partial charge in [-0.05, 0) is 19.8 Å². The Hall–Kier alpha value is -0.120. The molecule has 1 saturated heterocycles. The molecule has 2 fully saturated rings. The summed E-state index contributed by atoms with van der Waals surface area (Å²) in [5, 5.41) is 0. The van der Waals surface area contributed by atoms with Gasteiger partial charge in [0.05, 0.1) is 6.61 Å². The summed E-state index contributed by atoms with van der Waals surface area (Å²) in [5.41, 5.74) is 0.577. The van der Waals surface area contributed by atoms with Crippen LogP contribution in [0.1, 0.15) is 19.8 Å². The Balaban J connectivity index is 1.70. The third-order valence-electron chi connectivity index (χ3n) is 3.72. The Morgan fingerprint density at radius 2 is 1.79 bits per heavy atom. The van der Waals surface area contributed by atoms with Gasteiger partial charge in [-0.2, -0.15) is 0 Å². The van der Waals surface area contributed by atoms with Crippen molar-refractivity contribution in [3.8, 4) is 0 Å². The molecule has 0 amide bonds. The second-order valence-corrected chi connectivity index (χ2v) is 4.82. The normalized spacial score (nSPS) is 27.9. The molecular weight excluding hydrogens is 176 g/mol. The molecular formula is C11H22N2O. The molecule has 0 aromatic rings. The topological polar surface area (TPSA) is 15.7 Å². The minimum Gasteiger partial charge on any atom is -0.383 e. The Morgan fingerprint density at radius 3 is 2.29 bits per heavy atom. The van der Waals surface area contributed by atoms with Crippen molar-refractivity contribution in [1.29, 1.82) is 0 Å². The molecule has 0 radical (unpaired) electrons. The second kappa shape index (κ2) is 4.17. The average Bonchev–Trinajstić information content (AvgIpc) is 2.96. The van der Waals surface area contributed by atoms with Gasteiger partial charge in [0.25, 0.3) is 0 Å². The maximum Gasteiger partial charge on any atom is 0.0589 e. The molecule has 2 rings (SSSR count). The van der Waals surface area contributed by atoms with E-state index < -0.39 is 0 Å². The van der Waals surface area contributed by atoms with Crippen LogP contribution in [-0.4, -0.2) is 61.8 Å². The number of rotatable bonds is 4. The third kappa shape index (κ3) is 2.27. The molecule has 1 aliphatic heterocycles. The van der Waals surface area contributed by atoms with Crippen LogP contribution in [0.2, 0.25) is 0 Å². The van der Waals surface area contributed by atoms with Gasteiger partial charge in [-0.1, -0.05) is 0 Å². The number of methoxy groups -OCH3 is 1. The van der Waals surface area contributed by atoms with E-state index in [1.807, 2.05) is 0 Å². The highest BCUT2D eigenvalue weighted by atomic mass is 16.5. The Morgan fingerprint density at radius 1 is 1.14 bits per heavy atom. The van der Waals surface area contributed by atoms with E-state index in [1.165, 1.54) is 39.0 Å². The number of hydrogen-bond donors (Lipinski definition) is 0. The Kier molecular flexibility index (Phi) is 3.10. The predicted molar refractivity (Wildman–Crippen MR) is 57.5 cm³/mol. The molecule has 0 unspecified atom stereocenters. The molecule has 0 N–H and O–H groups in total. The lowest BCUT2D eigenvalue weighted by Crippen LogP contribution is -2.51. The van der Waals surface area contributed by atoms with Gasteiger partial charge in [0.1, 0.15) is 0 Å². The second-order valence-electron chi connectivity index (χ2n) is 4.82. The largest absolute Gasteiger partial charge is 0.383 e. The number of piperazine rings is 1. The minimum absolute atomic E-state index is 0.577. The van der Waals surface area contributed by atoms with Gasteiger partial charge in [0, 0.05) is 45.4 Å². The first-order chi connectivity index (χ1) is 6.74. The Labute approximate surface area is 87.0 Å². The average molecular weight is 198 g/mol. The zero-order valence-corrected chi connectivity index (χ0v) is 9.46. The van der Waals surface area contributed by atoms with Gasteiger partial charge >= 0.3 is 0 Å². The molecule has 3 nitrogen and oxygen atoms in total. The van der Waals surface area contributed by atoms with Crippen LogP contribution in [0, 0.1) is 0 Å². The maximum atomic E-state index is 5.10. The van der Waals surface area contributed by atoms with Gasteiger partial charge in [-0.25, -0.2) is 0 Å². The predicted octanol–water partition coefficient (Wildman–Crippen LogP) is 0.803. The van der Waals surface area contributed by atoms with Crippen molar-refractivity contribution in [2.24, 2.45) is 0 Å². The van der Waals surface area contributed by atoms with E-state index in [0.717, 1.165) is 13.2 Å². The summed E-state index contributed by atoms with van der Waals surface area (Å²) in [4.78, 5) is 5.17. The summed E-state index contributed by atoms with van der Waals surface area (Å²) in [6, 6.07) is 0. The number of nitrogens with zero attached hydrogens (tertiary/aromatic N) is 2. The van der Waals surface area contributed by atoms with Gasteiger partial charge in [0.2, 0.25) is 0 Å². The zero-order chi connectivity index (χ0) is 10.0. The fraction of sp³-hybridized carbons (Fsp3) is 1.00.